The first-order chi connectivity index (χ1) is 6.24. The number of aromatic nitrogens is 4. The second-order valence-corrected chi connectivity index (χ2v) is 3.92. The minimum atomic E-state index is 0.466. The van der Waals surface area contributed by atoms with E-state index in [1.54, 1.807) is 17.1 Å². The van der Waals surface area contributed by atoms with E-state index in [4.69, 9.17) is 17.3 Å². The van der Waals surface area contributed by atoms with E-state index >= 15 is 0 Å². The third-order valence-corrected chi connectivity index (χ3v) is 2.31. The first-order valence-electron chi connectivity index (χ1n) is 3.50. The summed E-state index contributed by atoms with van der Waals surface area (Å²) in [5, 5.41) is 13.4. The Morgan fingerprint density at radius 3 is 2.92 bits per heavy atom. The Morgan fingerprint density at radius 2 is 2.38 bits per heavy atom. The number of nitrogens with two attached hydrogens (primary N) is 1. The first kappa shape index (κ1) is 8.46. The molecule has 0 aliphatic carbocycles. The Labute approximate surface area is 83.2 Å². The lowest BCUT2D eigenvalue weighted by Crippen LogP contribution is -1.98. The van der Waals surface area contributed by atoms with Crippen LogP contribution in [-0.2, 0) is 6.54 Å². The average molecular weight is 216 g/mol. The van der Waals surface area contributed by atoms with Gasteiger partial charge in [-0.25, -0.2) is 0 Å². The number of nitrogen functional groups attached to an aromatic ring is 1. The van der Waals surface area contributed by atoms with Gasteiger partial charge in [0, 0.05) is 6.20 Å². The van der Waals surface area contributed by atoms with Crippen molar-refractivity contribution >= 4 is 28.1 Å². The number of hydrogen-bond acceptors (Lipinski definition) is 5. The predicted octanol–water partition coefficient (Wildman–Crippen LogP) is 1.02. The topological polar surface area (TPSA) is 69.6 Å². The van der Waals surface area contributed by atoms with Crippen LogP contribution in [0.2, 0.25) is 5.02 Å². The molecular formula is C6H6ClN5S. The van der Waals surface area contributed by atoms with Gasteiger partial charge >= 0.3 is 0 Å². The van der Waals surface area contributed by atoms with E-state index in [0.29, 0.717) is 16.7 Å². The standard InChI is InChI=1S/C6H6ClN5S/c7-4-1-9-12(2-4)3-5-10-11-6(8)13-5/h1-2H,3H2,(H2,8,11). The zero-order chi connectivity index (χ0) is 9.26. The largest absolute Gasteiger partial charge is 0.374 e. The zero-order valence-corrected chi connectivity index (χ0v) is 8.09. The quantitative estimate of drug-likeness (QED) is 0.812. The van der Waals surface area contributed by atoms with Gasteiger partial charge in [0.25, 0.3) is 0 Å². The highest BCUT2D eigenvalue weighted by Crippen LogP contribution is 2.13. The van der Waals surface area contributed by atoms with Crippen LogP contribution >= 0.6 is 22.9 Å². The van der Waals surface area contributed by atoms with E-state index in [9.17, 15) is 0 Å². The molecule has 0 fully saturated rings. The molecule has 0 amide bonds. The molecule has 13 heavy (non-hydrogen) atoms. The molecule has 0 atom stereocenters. The molecule has 0 bridgehead atoms. The molecule has 2 N–H and O–H groups in total. The van der Waals surface area contributed by atoms with Crippen molar-refractivity contribution in [1.82, 2.24) is 20.0 Å². The van der Waals surface area contributed by atoms with Crippen molar-refractivity contribution in [2.24, 2.45) is 0 Å². The van der Waals surface area contributed by atoms with Crippen LogP contribution in [0.25, 0.3) is 0 Å². The van der Waals surface area contributed by atoms with Crippen molar-refractivity contribution in [3.8, 4) is 0 Å². The van der Waals surface area contributed by atoms with Crippen LogP contribution in [0, 0.1) is 0 Å². The third-order valence-electron chi connectivity index (χ3n) is 1.38. The van der Waals surface area contributed by atoms with Crippen LogP contribution in [0.5, 0.6) is 0 Å². The maximum Gasteiger partial charge on any atom is 0.203 e. The Morgan fingerprint density at radius 1 is 1.54 bits per heavy atom. The molecule has 0 radical (unpaired) electrons. The van der Waals surface area contributed by atoms with Crippen LogP contribution in [0.4, 0.5) is 5.13 Å². The Balaban J connectivity index is 2.14. The fourth-order valence-electron chi connectivity index (χ4n) is 0.894. The lowest BCUT2D eigenvalue weighted by atomic mass is 10.7. The lowest BCUT2D eigenvalue weighted by molar-refractivity contribution is 0.677. The van der Waals surface area contributed by atoms with Crippen LogP contribution in [0.1, 0.15) is 5.01 Å². The molecule has 2 heterocycles. The number of nitrogens with zero attached hydrogens (tertiary/aromatic N) is 4. The van der Waals surface area contributed by atoms with E-state index < -0.39 is 0 Å². The van der Waals surface area contributed by atoms with Crippen molar-refractivity contribution in [3.05, 3.63) is 22.4 Å². The molecule has 0 aliphatic rings. The van der Waals surface area contributed by atoms with Gasteiger partial charge < -0.3 is 5.73 Å². The molecule has 2 aromatic heterocycles. The van der Waals surface area contributed by atoms with Crippen LogP contribution in [0.3, 0.4) is 0 Å². The second-order valence-electron chi connectivity index (χ2n) is 2.39. The third kappa shape index (κ3) is 1.96. The zero-order valence-electron chi connectivity index (χ0n) is 6.51. The first-order valence-corrected chi connectivity index (χ1v) is 4.69. The molecule has 2 rings (SSSR count). The van der Waals surface area contributed by atoms with Gasteiger partial charge in [0.15, 0.2) is 0 Å². The van der Waals surface area contributed by atoms with Crippen molar-refractivity contribution in [3.63, 3.8) is 0 Å². The van der Waals surface area contributed by atoms with Crippen molar-refractivity contribution < 1.29 is 0 Å². The molecule has 0 aromatic carbocycles. The predicted molar refractivity (Wildman–Crippen MR) is 50.7 cm³/mol. The monoisotopic (exact) mass is 215 g/mol. The summed E-state index contributed by atoms with van der Waals surface area (Å²) >= 11 is 7.03. The van der Waals surface area contributed by atoms with Gasteiger partial charge in [-0.05, 0) is 0 Å². The summed E-state index contributed by atoms with van der Waals surface area (Å²) in [7, 11) is 0. The molecule has 0 aliphatic heterocycles. The van der Waals surface area contributed by atoms with E-state index in [1.165, 1.54) is 11.3 Å². The van der Waals surface area contributed by atoms with Gasteiger partial charge in [-0.3, -0.25) is 4.68 Å². The highest BCUT2D eigenvalue weighted by atomic mass is 35.5. The van der Waals surface area contributed by atoms with E-state index in [-0.39, 0.29) is 0 Å². The molecular weight excluding hydrogens is 210 g/mol. The number of halogens is 1. The number of hydrogen-bond donors (Lipinski definition) is 1. The summed E-state index contributed by atoms with van der Waals surface area (Å²) in [5.74, 6) is 0. The molecule has 7 heteroatoms. The molecule has 2 aromatic rings. The molecule has 0 unspecified atom stereocenters. The fourth-order valence-corrected chi connectivity index (χ4v) is 1.65. The average Bonchev–Trinajstić information content (AvgIpc) is 2.62. The van der Waals surface area contributed by atoms with E-state index in [0.717, 1.165) is 5.01 Å². The van der Waals surface area contributed by atoms with Gasteiger partial charge in [-0.15, -0.1) is 10.2 Å². The number of rotatable bonds is 2. The molecule has 5 nitrogen and oxygen atoms in total. The maximum absolute atomic E-state index is 5.69. The molecule has 68 valence electrons. The summed E-state index contributed by atoms with van der Waals surface area (Å²) in [5.41, 5.74) is 5.43. The van der Waals surface area contributed by atoms with Crippen LogP contribution < -0.4 is 5.73 Å². The van der Waals surface area contributed by atoms with Gasteiger partial charge in [0.1, 0.15) is 5.01 Å². The lowest BCUT2D eigenvalue weighted by Gasteiger charge is -1.93. The molecule has 0 saturated heterocycles. The van der Waals surface area contributed by atoms with Crippen molar-refractivity contribution in [2.75, 3.05) is 5.73 Å². The van der Waals surface area contributed by atoms with Gasteiger partial charge in [0.2, 0.25) is 5.13 Å². The maximum atomic E-state index is 5.69. The normalized spacial score (nSPS) is 10.5. The smallest absolute Gasteiger partial charge is 0.203 e. The molecule has 0 saturated carbocycles. The van der Waals surface area contributed by atoms with Gasteiger partial charge in [-0.1, -0.05) is 22.9 Å². The summed E-state index contributed by atoms with van der Waals surface area (Å²) in [6, 6.07) is 0. The molecule has 0 spiro atoms. The SMILES string of the molecule is Nc1nnc(Cn2cc(Cl)cn2)s1. The van der Waals surface area contributed by atoms with Gasteiger partial charge in [-0.2, -0.15) is 5.10 Å². The summed E-state index contributed by atoms with van der Waals surface area (Å²) in [6.45, 7) is 0.557. The second kappa shape index (κ2) is 3.31. The van der Waals surface area contributed by atoms with Gasteiger partial charge in [0.05, 0.1) is 17.8 Å². The van der Waals surface area contributed by atoms with Crippen LogP contribution in [-0.4, -0.2) is 20.0 Å². The summed E-state index contributed by atoms with van der Waals surface area (Å²) in [6.07, 6.45) is 3.30. The highest BCUT2D eigenvalue weighted by molar-refractivity contribution is 7.15. The van der Waals surface area contributed by atoms with Crippen molar-refractivity contribution in [2.45, 2.75) is 6.54 Å². The minimum Gasteiger partial charge on any atom is -0.374 e. The summed E-state index contributed by atoms with van der Waals surface area (Å²) < 4.78 is 1.68. The fraction of sp³-hybridized carbons (Fsp3) is 0.167. The van der Waals surface area contributed by atoms with E-state index in [2.05, 4.69) is 15.3 Å². The van der Waals surface area contributed by atoms with Crippen molar-refractivity contribution in [1.29, 1.82) is 0 Å². The Kier molecular flexibility index (Phi) is 2.15. The van der Waals surface area contributed by atoms with Crippen LogP contribution in [0.15, 0.2) is 12.4 Å². The summed E-state index contributed by atoms with van der Waals surface area (Å²) in [4.78, 5) is 0. The minimum absolute atomic E-state index is 0.466. The Bertz CT molecular complexity index is 370. The van der Waals surface area contributed by atoms with E-state index in [1.807, 2.05) is 0 Å². The number of anilines is 1. The highest BCUT2D eigenvalue weighted by Gasteiger charge is 2.02. The Hall–Kier alpha value is -1.14.